The first-order valence-electron chi connectivity index (χ1n) is 8.26. The van der Waals surface area contributed by atoms with Gasteiger partial charge in [-0.2, -0.15) is 5.10 Å². The third kappa shape index (κ3) is 6.03. The van der Waals surface area contributed by atoms with Gasteiger partial charge in [-0.1, -0.05) is 11.6 Å². The van der Waals surface area contributed by atoms with E-state index in [1.807, 2.05) is 39.0 Å². The standard InChI is InChI=1S/C17H24ClN5O2S/c1-17(2,3)25-16(24)23-8-6-22(7-9-23)13-5-4-12(14(18)10-13)11-20-21-15(19)26/h4-5,10-11H,6-9H2,1-3H3,(H3,19,21,26). The number of ether oxygens (including phenoxy) is 1. The Hall–Kier alpha value is -2.06. The van der Waals surface area contributed by atoms with Gasteiger partial charge in [-0.05, 0) is 51.2 Å². The molecule has 0 atom stereocenters. The summed E-state index contributed by atoms with van der Waals surface area (Å²) in [6, 6.07) is 5.73. The topological polar surface area (TPSA) is 83.2 Å². The molecular formula is C17H24ClN5O2S. The number of thiocarbonyl (C=S) groups is 1. The van der Waals surface area contributed by atoms with Gasteiger partial charge in [0, 0.05) is 37.4 Å². The molecular weight excluding hydrogens is 374 g/mol. The Labute approximate surface area is 164 Å². The Balaban J connectivity index is 1.95. The Bertz CT molecular complexity index is 697. The maximum atomic E-state index is 12.1. The Morgan fingerprint density at radius 3 is 2.54 bits per heavy atom. The summed E-state index contributed by atoms with van der Waals surface area (Å²) in [5, 5.41) is 4.57. The van der Waals surface area contributed by atoms with Crippen molar-refractivity contribution in [3.63, 3.8) is 0 Å². The van der Waals surface area contributed by atoms with Crippen molar-refractivity contribution in [2.24, 2.45) is 10.8 Å². The third-order valence-corrected chi connectivity index (χ3v) is 4.08. The average molecular weight is 398 g/mol. The molecule has 0 unspecified atom stereocenters. The summed E-state index contributed by atoms with van der Waals surface area (Å²) >= 11 is 11.0. The number of hydrogen-bond donors (Lipinski definition) is 2. The summed E-state index contributed by atoms with van der Waals surface area (Å²) in [5.74, 6) is 0. The molecule has 1 fully saturated rings. The van der Waals surface area contributed by atoms with Gasteiger partial charge >= 0.3 is 6.09 Å². The molecule has 1 aliphatic rings. The highest BCUT2D eigenvalue weighted by atomic mass is 35.5. The smallest absolute Gasteiger partial charge is 0.410 e. The lowest BCUT2D eigenvalue weighted by Gasteiger charge is -2.36. The highest BCUT2D eigenvalue weighted by Gasteiger charge is 2.26. The van der Waals surface area contributed by atoms with Gasteiger partial charge in [0.15, 0.2) is 5.11 Å². The summed E-state index contributed by atoms with van der Waals surface area (Å²) in [6.07, 6.45) is 1.29. The molecule has 0 spiro atoms. The van der Waals surface area contributed by atoms with Crippen LogP contribution in [0, 0.1) is 0 Å². The molecule has 9 heteroatoms. The van der Waals surface area contributed by atoms with Crippen molar-refractivity contribution >= 4 is 46.9 Å². The third-order valence-electron chi connectivity index (χ3n) is 3.66. The van der Waals surface area contributed by atoms with Crippen LogP contribution in [0.3, 0.4) is 0 Å². The number of nitrogens with zero attached hydrogens (tertiary/aromatic N) is 3. The van der Waals surface area contributed by atoms with Crippen LogP contribution in [0.1, 0.15) is 26.3 Å². The summed E-state index contributed by atoms with van der Waals surface area (Å²) < 4.78 is 5.42. The van der Waals surface area contributed by atoms with Crippen molar-refractivity contribution in [3.8, 4) is 0 Å². The van der Waals surface area contributed by atoms with E-state index in [0.29, 0.717) is 31.2 Å². The first-order chi connectivity index (χ1) is 12.2. The van der Waals surface area contributed by atoms with Crippen LogP contribution in [0.4, 0.5) is 10.5 Å². The number of amides is 1. The average Bonchev–Trinajstić information content (AvgIpc) is 2.54. The van der Waals surface area contributed by atoms with Crippen molar-refractivity contribution in [1.82, 2.24) is 10.3 Å². The fourth-order valence-corrected chi connectivity index (χ4v) is 2.73. The first-order valence-corrected chi connectivity index (χ1v) is 9.05. The predicted molar refractivity (Wildman–Crippen MR) is 109 cm³/mol. The lowest BCUT2D eigenvalue weighted by atomic mass is 10.2. The van der Waals surface area contributed by atoms with E-state index in [9.17, 15) is 4.79 Å². The summed E-state index contributed by atoms with van der Waals surface area (Å²) in [4.78, 5) is 16.0. The maximum absolute atomic E-state index is 12.1. The van der Waals surface area contributed by atoms with E-state index in [4.69, 9.17) is 22.1 Å². The first kappa shape index (κ1) is 20.3. The molecule has 142 valence electrons. The molecule has 7 nitrogen and oxygen atoms in total. The Morgan fingerprint density at radius 2 is 2.00 bits per heavy atom. The van der Waals surface area contributed by atoms with Crippen LogP contribution in [0.15, 0.2) is 23.3 Å². The summed E-state index contributed by atoms with van der Waals surface area (Å²) in [6.45, 7) is 8.24. The molecule has 1 saturated heterocycles. The molecule has 1 heterocycles. The number of halogens is 1. The van der Waals surface area contributed by atoms with Gasteiger partial charge in [0.05, 0.1) is 11.2 Å². The Morgan fingerprint density at radius 1 is 1.35 bits per heavy atom. The molecule has 1 amide bonds. The van der Waals surface area contributed by atoms with Crippen LogP contribution in [0.25, 0.3) is 0 Å². The van der Waals surface area contributed by atoms with Gasteiger partial charge in [0.25, 0.3) is 0 Å². The van der Waals surface area contributed by atoms with E-state index < -0.39 is 5.60 Å². The van der Waals surface area contributed by atoms with Crippen LogP contribution in [0.2, 0.25) is 5.02 Å². The molecule has 1 aromatic rings. The summed E-state index contributed by atoms with van der Waals surface area (Å²) in [5.41, 5.74) is 9.07. The number of benzene rings is 1. The van der Waals surface area contributed by atoms with Crippen LogP contribution in [0.5, 0.6) is 0 Å². The number of nitrogens with two attached hydrogens (primary N) is 1. The maximum Gasteiger partial charge on any atom is 0.410 e. The van der Waals surface area contributed by atoms with Crippen LogP contribution in [-0.2, 0) is 4.74 Å². The number of carbonyl (C=O) groups is 1. The van der Waals surface area contributed by atoms with Crippen molar-refractivity contribution < 1.29 is 9.53 Å². The monoisotopic (exact) mass is 397 g/mol. The van der Waals surface area contributed by atoms with Crippen molar-refractivity contribution in [2.75, 3.05) is 31.1 Å². The highest BCUT2D eigenvalue weighted by molar-refractivity contribution is 7.80. The number of carbonyl (C=O) groups excluding carboxylic acids is 1. The predicted octanol–water partition coefficient (Wildman–Crippen LogP) is 2.56. The molecule has 1 aliphatic heterocycles. The van der Waals surface area contributed by atoms with E-state index in [2.05, 4.69) is 27.6 Å². The van der Waals surface area contributed by atoms with Crippen molar-refractivity contribution in [3.05, 3.63) is 28.8 Å². The molecule has 1 aromatic carbocycles. The van der Waals surface area contributed by atoms with Crippen LogP contribution < -0.4 is 16.1 Å². The van der Waals surface area contributed by atoms with Gasteiger partial charge in [-0.15, -0.1) is 0 Å². The highest BCUT2D eigenvalue weighted by Crippen LogP contribution is 2.24. The zero-order valence-corrected chi connectivity index (χ0v) is 16.7. The van der Waals surface area contributed by atoms with Gasteiger partial charge in [0.2, 0.25) is 0 Å². The van der Waals surface area contributed by atoms with E-state index in [1.54, 1.807) is 11.1 Å². The second-order valence-electron chi connectivity index (χ2n) is 6.89. The normalized spacial score (nSPS) is 15.2. The summed E-state index contributed by atoms with van der Waals surface area (Å²) in [7, 11) is 0. The number of hydrogen-bond acceptors (Lipinski definition) is 5. The molecule has 0 aliphatic carbocycles. The minimum Gasteiger partial charge on any atom is -0.444 e. The Kier molecular flexibility index (Phi) is 6.66. The molecule has 2 rings (SSSR count). The lowest BCUT2D eigenvalue weighted by Crippen LogP contribution is -2.50. The number of nitrogens with one attached hydrogen (secondary N) is 1. The second-order valence-corrected chi connectivity index (χ2v) is 7.74. The van der Waals surface area contributed by atoms with E-state index in [-0.39, 0.29) is 11.2 Å². The molecule has 3 N–H and O–H groups in total. The van der Waals surface area contributed by atoms with Gasteiger partial charge < -0.3 is 20.3 Å². The molecule has 0 radical (unpaired) electrons. The number of piperazine rings is 1. The van der Waals surface area contributed by atoms with Gasteiger partial charge in [0.1, 0.15) is 5.60 Å². The molecule has 0 saturated carbocycles. The number of anilines is 1. The molecule has 26 heavy (non-hydrogen) atoms. The van der Waals surface area contributed by atoms with Gasteiger partial charge in [-0.25, -0.2) is 4.79 Å². The fourth-order valence-electron chi connectivity index (χ4n) is 2.46. The number of rotatable bonds is 3. The lowest BCUT2D eigenvalue weighted by molar-refractivity contribution is 0.0240. The minimum atomic E-state index is -0.485. The quantitative estimate of drug-likeness (QED) is 0.463. The van der Waals surface area contributed by atoms with Crippen molar-refractivity contribution in [2.45, 2.75) is 26.4 Å². The largest absolute Gasteiger partial charge is 0.444 e. The zero-order valence-electron chi connectivity index (χ0n) is 15.2. The number of hydrazone groups is 1. The zero-order chi connectivity index (χ0) is 19.3. The van der Waals surface area contributed by atoms with Crippen LogP contribution >= 0.6 is 23.8 Å². The fraction of sp³-hybridized carbons (Fsp3) is 0.471. The van der Waals surface area contributed by atoms with Crippen LogP contribution in [-0.4, -0.2) is 54.1 Å². The molecule has 0 aromatic heterocycles. The van der Waals surface area contributed by atoms with E-state index in [0.717, 1.165) is 11.3 Å². The molecule has 0 bridgehead atoms. The van der Waals surface area contributed by atoms with E-state index in [1.165, 1.54) is 0 Å². The minimum absolute atomic E-state index is 0.0943. The SMILES string of the molecule is CC(C)(C)OC(=O)N1CCN(c2ccc(C=NNC(N)=S)c(Cl)c2)CC1. The van der Waals surface area contributed by atoms with E-state index >= 15 is 0 Å². The van der Waals surface area contributed by atoms with Crippen molar-refractivity contribution in [1.29, 1.82) is 0 Å². The van der Waals surface area contributed by atoms with Gasteiger partial charge in [-0.3, -0.25) is 5.43 Å². The second kappa shape index (κ2) is 8.55.